The van der Waals surface area contributed by atoms with Gasteiger partial charge in [0.25, 0.3) is 0 Å². The molecule has 0 saturated heterocycles. The topological polar surface area (TPSA) is 58.2 Å². The van der Waals surface area contributed by atoms with Crippen molar-refractivity contribution in [3.05, 3.63) is 10.8 Å². The van der Waals surface area contributed by atoms with Crippen LogP contribution >= 0.6 is 47.0 Å². The number of hydrogen-bond donors (Lipinski definition) is 2. The maximum atomic E-state index is 11.3. The van der Waals surface area contributed by atoms with E-state index < -0.39 is 0 Å². The van der Waals surface area contributed by atoms with Gasteiger partial charge in [0.2, 0.25) is 11.8 Å². The molecule has 0 aromatic rings. The summed E-state index contributed by atoms with van der Waals surface area (Å²) < 4.78 is 0. The highest BCUT2D eigenvalue weighted by Gasteiger charge is 1.99. The Labute approximate surface area is 151 Å². The van der Waals surface area contributed by atoms with Gasteiger partial charge in [-0.1, -0.05) is 13.8 Å². The summed E-state index contributed by atoms with van der Waals surface area (Å²) in [6, 6.07) is 0. The van der Waals surface area contributed by atoms with E-state index in [0.717, 1.165) is 23.0 Å². The highest BCUT2D eigenvalue weighted by Crippen LogP contribution is 2.08. The van der Waals surface area contributed by atoms with Crippen molar-refractivity contribution in [2.45, 2.75) is 13.8 Å². The van der Waals surface area contributed by atoms with Gasteiger partial charge >= 0.3 is 0 Å². The Kier molecular flexibility index (Phi) is 17.5. The largest absolute Gasteiger partial charge is 0.355 e. The summed E-state index contributed by atoms with van der Waals surface area (Å²) in [5.41, 5.74) is 0. The van der Waals surface area contributed by atoms with Gasteiger partial charge in [0.05, 0.1) is 11.5 Å². The van der Waals surface area contributed by atoms with Crippen LogP contribution in [0.15, 0.2) is 10.8 Å². The minimum Gasteiger partial charge on any atom is -0.355 e. The predicted octanol–water partition coefficient (Wildman–Crippen LogP) is 2.66. The first kappa shape index (κ1) is 22.1. The van der Waals surface area contributed by atoms with E-state index in [0.29, 0.717) is 24.6 Å². The van der Waals surface area contributed by atoms with Gasteiger partial charge in [-0.25, -0.2) is 0 Å². The zero-order chi connectivity index (χ0) is 16.5. The Bertz CT molecular complexity index is 298. The van der Waals surface area contributed by atoms with Crippen LogP contribution in [0, 0.1) is 0 Å². The summed E-state index contributed by atoms with van der Waals surface area (Å²) >= 11 is 6.63. The van der Waals surface area contributed by atoms with Crippen LogP contribution in [0.1, 0.15) is 13.8 Å². The lowest BCUT2D eigenvalue weighted by atomic mass is 10.6. The molecule has 0 radical (unpaired) electrons. The molecular weight excluding hydrogens is 356 g/mol. The molecule has 0 fully saturated rings. The number of carbonyl (C=O) groups is 2. The molecule has 0 heterocycles. The van der Waals surface area contributed by atoms with Gasteiger partial charge in [0.15, 0.2) is 0 Å². The van der Waals surface area contributed by atoms with Crippen LogP contribution in [0.5, 0.6) is 0 Å². The number of rotatable bonds is 14. The first-order valence-corrected chi connectivity index (χ1v) is 11.7. The lowest BCUT2D eigenvalue weighted by Gasteiger charge is -2.03. The minimum atomic E-state index is 0.114. The summed E-state index contributed by atoms with van der Waals surface area (Å²) in [4.78, 5) is 22.7. The van der Waals surface area contributed by atoms with Gasteiger partial charge in [0, 0.05) is 24.6 Å². The summed E-state index contributed by atoms with van der Waals surface area (Å²) in [7, 11) is 0. The smallest absolute Gasteiger partial charge is 0.230 e. The minimum absolute atomic E-state index is 0.114. The van der Waals surface area contributed by atoms with Crippen LogP contribution in [0.3, 0.4) is 0 Å². The van der Waals surface area contributed by atoms with Crippen LogP contribution in [0.25, 0.3) is 0 Å². The highest BCUT2D eigenvalue weighted by molar-refractivity contribution is 8.05. The van der Waals surface area contributed by atoms with E-state index in [1.807, 2.05) is 24.7 Å². The molecule has 0 spiro atoms. The molecule has 0 rings (SSSR count). The van der Waals surface area contributed by atoms with Crippen LogP contribution < -0.4 is 10.6 Å². The fourth-order valence-corrected chi connectivity index (χ4v) is 3.53. The number of nitrogens with one attached hydrogen (secondary N) is 2. The molecule has 0 aromatic heterocycles. The van der Waals surface area contributed by atoms with Crippen molar-refractivity contribution in [3.8, 4) is 0 Å². The van der Waals surface area contributed by atoms with Crippen molar-refractivity contribution < 1.29 is 9.59 Å². The SMILES string of the molecule is CCSCC(=O)NCCSC=CSCCNC(=O)CSCC. The maximum Gasteiger partial charge on any atom is 0.230 e. The molecule has 2 amide bonds. The molecule has 22 heavy (non-hydrogen) atoms. The van der Waals surface area contributed by atoms with Crippen molar-refractivity contribution >= 4 is 58.9 Å². The summed E-state index contributed by atoms with van der Waals surface area (Å²) in [5, 5.41) is 9.84. The molecular formula is C14H26N2O2S4. The molecule has 8 heteroatoms. The standard InChI is InChI=1S/C14H26N2O2S4/c1-3-19-11-13(17)15-5-7-21-9-10-22-8-6-16-14(18)12-20-4-2/h9-10H,3-8,11-12H2,1-2H3,(H,15,17)(H,16,18). The Morgan fingerprint density at radius 3 is 1.59 bits per heavy atom. The van der Waals surface area contributed by atoms with Gasteiger partial charge in [-0.05, 0) is 22.3 Å². The second-order valence-electron chi connectivity index (χ2n) is 3.99. The van der Waals surface area contributed by atoms with Crippen molar-refractivity contribution in [2.24, 2.45) is 0 Å². The Balaban J connectivity index is 3.31. The maximum absolute atomic E-state index is 11.3. The Morgan fingerprint density at radius 2 is 1.23 bits per heavy atom. The van der Waals surface area contributed by atoms with Crippen LogP contribution in [-0.2, 0) is 9.59 Å². The van der Waals surface area contributed by atoms with Gasteiger partial charge in [-0.15, -0.1) is 23.5 Å². The van der Waals surface area contributed by atoms with E-state index in [-0.39, 0.29) is 11.8 Å². The Morgan fingerprint density at radius 1 is 0.818 bits per heavy atom. The molecule has 4 nitrogen and oxygen atoms in total. The fourth-order valence-electron chi connectivity index (χ4n) is 1.20. The van der Waals surface area contributed by atoms with Crippen LogP contribution in [-0.4, -0.2) is 59.4 Å². The van der Waals surface area contributed by atoms with Crippen LogP contribution in [0.4, 0.5) is 0 Å². The number of hydrogen-bond acceptors (Lipinski definition) is 6. The molecule has 0 aromatic carbocycles. The normalized spacial score (nSPS) is 10.8. The third kappa shape index (κ3) is 16.5. The average molecular weight is 383 g/mol. The van der Waals surface area contributed by atoms with Crippen molar-refractivity contribution in [3.63, 3.8) is 0 Å². The third-order valence-electron chi connectivity index (χ3n) is 2.21. The fraction of sp³-hybridized carbons (Fsp3) is 0.714. The van der Waals surface area contributed by atoms with Gasteiger partial charge in [-0.3, -0.25) is 9.59 Å². The number of amides is 2. The lowest BCUT2D eigenvalue weighted by molar-refractivity contribution is -0.119. The Hall–Kier alpha value is 0.0800. The zero-order valence-corrected chi connectivity index (χ0v) is 16.5. The summed E-state index contributed by atoms with van der Waals surface area (Å²) in [6.45, 7) is 5.50. The first-order valence-electron chi connectivity index (χ1n) is 7.27. The molecule has 2 N–H and O–H groups in total. The highest BCUT2D eigenvalue weighted by atomic mass is 32.2. The van der Waals surface area contributed by atoms with E-state index in [4.69, 9.17) is 0 Å². The molecule has 0 bridgehead atoms. The first-order chi connectivity index (χ1) is 10.7. The molecule has 128 valence electrons. The monoisotopic (exact) mass is 382 g/mol. The quantitative estimate of drug-likeness (QED) is 0.451. The third-order valence-corrected chi connectivity index (χ3v) is 5.66. The molecule has 0 aliphatic heterocycles. The number of thioether (sulfide) groups is 4. The predicted molar refractivity (Wildman–Crippen MR) is 106 cm³/mol. The number of carbonyl (C=O) groups excluding carboxylic acids is 2. The van der Waals surface area contributed by atoms with Crippen LogP contribution in [0.2, 0.25) is 0 Å². The molecule has 0 aliphatic carbocycles. The second kappa shape index (κ2) is 17.4. The van der Waals surface area contributed by atoms with Crippen molar-refractivity contribution in [1.29, 1.82) is 0 Å². The summed E-state index contributed by atoms with van der Waals surface area (Å²) in [5.74, 6) is 5.03. The molecule has 0 aliphatic rings. The van der Waals surface area contributed by atoms with Gasteiger partial charge in [0.1, 0.15) is 0 Å². The van der Waals surface area contributed by atoms with E-state index in [9.17, 15) is 9.59 Å². The van der Waals surface area contributed by atoms with E-state index in [1.165, 1.54) is 0 Å². The molecule has 0 atom stereocenters. The summed E-state index contributed by atoms with van der Waals surface area (Å²) in [6.07, 6.45) is 0. The van der Waals surface area contributed by atoms with Gasteiger partial charge in [-0.2, -0.15) is 23.5 Å². The van der Waals surface area contributed by atoms with E-state index in [1.54, 1.807) is 47.0 Å². The molecule has 0 unspecified atom stereocenters. The molecule has 0 saturated carbocycles. The van der Waals surface area contributed by atoms with E-state index in [2.05, 4.69) is 10.6 Å². The second-order valence-corrected chi connectivity index (χ2v) is 8.56. The van der Waals surface area contributed by atoms with Crippen molar-refractivity contribution in [2.75, 3.05) is 47.6 Å². The zero-order valence-electron chi connectivity index (χ0n) is 13.3. The average Bonchev–Trinajstić information content (AvgIpc) is 2.52. The van der Waals surface area contributed by atoms with Crippen molar-refractivity contribution in [1.82, 2.24) is 10.6 Å². The van der Waals surface area contributed by atoms with E-state index >= 15 is 0 Å². The lowest BCUT2D eigenvalue weighted by Crippen LogP contribution is -2.27. The van der Waals surface area contributed by atoms with Gasteiger partial charge < -0.3 is 10.6 Å².